The Labute approximate surface area is 285 Å². The SMILES string of the molecule is C#CC/C=C\C=C(/C)N(c1ccc(/C(C)=C/C=C)cc1)c1ccc(-c2cccc3c2oc2c4c(ccc23)C(C)(C)C(C)=C4/C=C\C)cc1. The number of allylic oxidation sites excluding steroid dienone is 11. The van der Waals surface area contributed by atoms with E-state index >= 15 is 0 Å². The Bertz CT molecular complexity index is 2220. The average molecular weight is 626 g/mol. The number of hydrogen-bond acceptors (Lipinski definition) is 2. The second-order valence-electron chi connectivity index (χ2n) is 13.0. The van der Waals surface area contributed by atoms with Crippen LogP contribution in [0.15, 0.2) is 144 Å². The Kier molecular flexibility index (Phi) is 8.99. The number of fused-ring (bicyclic) bond motifs is 5. The zero-order valence-electron chi connectivity index (χ0n) is 28.9. The topological polar surface area (TPSA) is 16.4 Å². The molecule has 0 N–H and O–H groups in total. The molecule has 1 aliphatic rings. The summed E-state index contributed by atoms with van der Waals surface area (Å²) in [7, 11) is 0. The quantitative estimate of drug-likeness (QED) is 0.120. The lowest BCUT2D eigenvalue weighted by Crippen LogP contribution is -2.15. The number of benzene rings is 4. The van der Waals surface area contributed by atoms with Gasteiger partial charge in [0.15, 0.2) is 0 Å². The third-order valence-corrected chi connectivity index (χ3v) is 9.73. The number of nitrogens with zero attached hydrogens (tertiary/aromatic N) is 1. The average Bonchev–Trinajstić information content (AvgIpc) is 3.56. The lowest BCUT2D eigenvalue weighted by Gasteiger charge is -2.26. The molecule has 2 heteroatoms. The first kappa shape index (κ1) is 32.4. The largest absolute Gasteiger partial charge is 0.455 e. The molecule has 0 amide bonds. The smallest absolute Gasteiger partial charge is 0.143 e. The van der Waals surface area contributed by atoms with Crippen molar-refractivity contribution in [2.75, 3.05) is 4.90 Å². The maximum atomic E-state index is 6.88. The van der Waals surface area contributed by atoms with Gasteiger partial charge in [-0.05, 0) is 85.9 Å². The molecule has 1 heterocycles. The van der Waals surface area contributed by atoms with Crippen molar-refractivity contribution in [1.29, 1.82) is 0 Å². The Balaban J connectivity index is 1.44. The van der Waals surface area contributed by atoms with Gasteiger partial charge < -0.3 is 9.32 Å². The first-order valence-electron chi connectivity index (χ1n) is 16.6. The zero-order chi connectivity index (χ0) is 34.0. The van der Waals surface area contributed by atoms with Gasteiger partial charge in [-0.25, -0.2) is 0 Å². The van der Waals surface area contributed by atoms with Crippen molar-refractivity contribution in [3.05, 3.63) is 156 Å². The van der Waals surface area contributed by atoms with Gasteiger partial charge in [0, 0.05) is 50.8 Å². The summed E-state index contributed by atoms with van der Waals surface area (Å²) in [6.45, 7) is 17.0. The van der Waals surface area contributed by atoms with Crippen LogP contribution in [-0.4, -0.2) is 0 Å². The van der Waals surface area contributed by atoms with Crippen molar-refractivity contribution in [3.8, 4) is 23.5 Å². The van der Waals surface area contributed by atoms with Crippen LogP contribution in [0.4, 0.5) is 11.4 Å². The van der Waals surface area contributed by atoms with Gasteiger partial charge >= 0.3 is 0 Å². The fraction of sp³-hybridized carbons (Fsp3) is 0.174. The van der Waals surface area contributed by atoms with Gasteiger partial charge in [0.05, 0.1) is 0 Å². The molecule has 2 nitrogen and oxygen atoms in total. The second kappa shape index (κ2) is 13.3. The maximum Gasteiger partial charge on any atom is 0.143 e. The minimum Gasteiger partial charge on any atom is -0.455 e. The summed E-state index contributed by atoms with van der Waals surface area (Å²) in [5, 5.41) is 2.29. The molecule has 0 saturated carbocycles. The summed E-state index contributed by atoms with van der Waals surface area (Å²) in [6, 6.07) is 28.4. The maximum absolute atomic E-state index is 6.88. The van der Waals surface area contributed by atoms with Crippen molar-refractivity contribution >= 4 is 44.5 Å². The molecule has 0 fully saturated rings. The molecule has 0 atom stereocenters. The molecular formula is C46H43NO. The highest BCUT2D eigenvalue weighted by molar-refractivity contribution is 6.13. The molecule has 1 aromatic heterocycles. The molecule has 6 rings (SSSR count). The van der Waals surface area contributed by atoms with E-state index in [-0.39, 0.29) is 5.41 Å². The van der Waals surface area contributed by atoms with Gasteiger partial charge in [0.1, 0.15) is 11.2 Å². The van der Waals surface area contributed by atoms with Crippen molar-refractivity contribution < 1.29 is 4.42 Å². The lowest BCUT2D eigenvalue weighted by molar-refractivity contribution is 0.634. The summed E-state index contributed by atoms with van der Waals surface area (Å²) in [6.07, 6.45) is 20.4. The molecule has 0 aliphatic heterocycles. The molecule has 0 unspecified atom stereocenters. The first-order chi connectivity index (χ1) is 23.2. The van der Waals surface area contributed by atoms with E-state index in [4.69, 9.17) is 10.8 Å². The van der Waals surface area contributed by atoms with E-state index in [1.54, 1.807) is 0 Å². The predicted octanol–water partition coefficient (Wildman–Crippen LogP) is 13.1. The van der Waals surface area contributed by atoms with E-state index in [2.05, 4.69) is 156 Å². The normalized spacial score (nSPS) is 14.8. The van der Waals surface area contributed by atoms with Crippen molar-refractivity contribution in [2.24, 2.45) is 0 Å². The van der Waals surface area contributed by atoms with Crippen LogP contribution in [0.25, 0.3) is 44.2 Å². The van der Waals surface area contributed by atoms with E-state index in [1.807, 2.05) is 24.3 Å². The number of anilines is 2. The Hall–Kier alpha value is -5.52. The highest BCUT2D eigenvalue weighted by atomic mass is 16.3. The number of hydrogen-bond donors (Lipinski definition) is 0. The van der Waals surface area contributed by atoms with Gasteiger partial charge in [-0.1, -0.05) is 117 Å². The standard InChI is InChI=1S/C46H43NO/c1-9-12-13-14-18-32(5)47(36-25-21-34(22-26-36)31(4)16-10-2)37-27-23-35(24-28-37)39-19-15-20-40-41-29-30-42-43(45(41)48-44(39)40)38(17-11-3)33(6)46(42,7)8/h1,10-11,13-30H,2,12H2,3-8H3/b14-13-,17-11-,31-16+,32-18+. The molecule has 0 radical (unpaired) electrons. The van der Waals surface area contributed by atoms with Crippen molar-refractivity contribution in [1.82, 2.24) is 0 Å². The number of furan rings is 1. The highest BCUT2D eigenvalue weighted by Crippen LogP contribution is 2.51. The first-order valence-corrected chi connectivity index (χ1v) is 16.6. The third kappa shape index (κ3) is 5.67. The van der Waals surface area contributed by atoms with Gasteiger partial charge in [-0.3, -0.25) is 0 Å². The van der Waals surface area contributed by atoms with Crippen molar-refractivity contribution in [2.45, 2.75) is 53.4 Å². The molecule has 0 saturated heterocycles. The molecule has 0 bridgehead atoms. The van der Waals surface area contributed by atoms with Gasteiger partial charge in [0.25, 0.3) is 0 Å². The van der Waals surface area contributed by atoms with Crippen LogP contribution in [0.3, 0.4) is 0 Å². The minimum atomic E-state index is -0.0486. The summed E-state index contributed by atoms with van der Waals surface area (Å²) < 4.78 is 6.88. The van der Waals surface area contributed by atoms with Gasteiger partial charge in [-0.2, -0.15) is 0 Å². The van der Waals surface area contributed by atoms with E-state index in [1.165, 1.54) is 33.4 Å². The highest BCUT2D eigenvalue weighted by Gasteiger charge is 2.36. The number of para-hydroxylation sites is 1. The lowest BCUT2D eigenvalue weighted by atomic mass is 9.82. The van der Waals surface area contributed by atoms with E-state index in [9.17, 15) is 0 Å². The summed E-state index contributed by atoms with van der Waals surface area (Å²) in [5.74, 6) is 2.67. The zero-order valence-corrected chi connectivity index (χ0v) is 28.9. The van der Waals surface area contributed by atoms with Crippen LogP contribution in [0.1, 0.15) is 64.7 Å². The van der Waals surface area contributed by atoms with Gasteiger partial charge in [-0.15, -0.1) is 12.3 Å². The van der Waals surface area contributed by atoms with Crippen LogP contribution in [0.5, 0.6) is 0 Å². The fourth-order valence-corrected chi connectivity index (χ4v) is 6.89. The number of terminal acetylenes is 1. The summed E-state index contributed by atoms with van der Waals surface area (Å²) >= 11 is 0. The van der Waals surface area contributed by atoms with E-state index < -0.39 is 0 Å². The Morgan fingerprint density at radius 1 is 0.896 bits per heavy atom. The molecule has 48 heavy (non-hydrogen) atoms. The van der Waals surface area contributed by atoms with Crippen molar-refractivity contribution in [3.63, 3.8) is 0 Å². The Morgan fingerprint density at radius 3 is 2.25 bits per heavy atom. The van der Waals surface area contributed by atoms with E-state index in [0.717, 1.165) is 50.1 Å². The summed E-state index contributed by atoms with van der Waals surface area (Å²) in [5.41, 5.74) is 14.8. The van der Waals surface area contributed by atoms with Gasteiger partial charge in [0.2, 0.25) is 0 Å². The fourth-order valence-electron chi connectivity index (χ4n) is 6.89. The molecule has 1 aliphatic carbocycles. The molecular weight excluding hydrogens is 583 g/mol. The molecule has 238 valence electrons. The summed E-state index contributed by atoms with van der Waals surface area (Å²) in [4.78, 5) is 2.27. The van der Waals surface area contributed by atoms with Crippen LogP contribution in [0.2, 0.25) is 0 Å². The predicted molar refractivity (Wildman–Crippen MR) is 208 cm³/mol. The molecule has 5 aromatic rings. The molecule has 4 aromatic carbocycles. The van der Waals surface area contributed by atoms with Crippen LogP contribution < -0.4 is 4.90 Å². The second-order valence-corrected chi connectivity index (χ2v) is 13.0. The van der Waals surface area contributed by atoms with Crippen LogP contribution in [0, 0.1) is 12.3 Å². The third-order valence-electron chi connectivity index (χ3n) is 9.73. The minimum absolute atomic E-state index is 0.0486. The van der Waals surface area contributed by atoms with E-state index in [0.29, 0.717) is 6.42 Å². The number of rotatable bonds is 9. The van der Waals surface area contributed by atoms with Crippen LogP contribution >= 0.6 is 0 Å². The Morgan fingerprint density at radius 2 is 1.58 bits per heavy atom. The molecule has 0 spiro atoms. The monoisotopic (exact) mass is 625 g/mol. The van der Waals surface area contributed by atoms with Crippen LogP contribution in [-0.2, 0) is 5.41 Å².